The monoisotopic (exact) mass is 375 g/mol. The van der Waals surface area contributed by atoms with Crippen LogP contribution in [0.4, 0.5) is 5.82 Å². The van der Waals surface area contributed by atoms with Crippen molar-refractivity contribution in [1.29, 1.82) is 0 Å². The first-order chi connectivity index (χ1) is 13.1. The van der Waals surface area contributed by atoms with Gasteiger partial charge in [-0.3, -0.25) is 14.5 Å². The fourth-order valence-corrected chi connectivity index (χ4v) is 3.82. The number of carbonyl (C=O) groups is 2. The number of nitrogens with one attached hydrogen (secondary N) is 2. The Bertz CT molecular complexity index is 663. The van der Waals surface area contributed by atoms with Crippen molar-refractivity contribution in [2.75, 3.05) is 52.3 Å². The number of anilines is 1. The molecule has 3 rings (SSSR count). The Morgan fingerprint density at radius 2 is 2.00 bits per heavy atom. The lowest BCUT2D eigenvalue weighted by Crippen LogP contribution is -2.45. The predicted molar refractivity (Wildman–Crippen MR) is 103 cm³/mol. The zero-order valence-electron chi connectivity index (χ0n) is 16.1. The van der Waals surface area contributed by atoms with Crippen LogP contribution in [-0.2, 0) is 9.53 Å². The van der Waals surface area contributed by atoms with Gasteiger partial charge in [0.15, 0.2) is 0 Å². The summed E-state index contributed by atoms with van der Waals surface area (Å²) in [7, 11) is 3.80. The number of rotatable bonds is 6. The summed E-state index contributed by atoms with van der Waals surface area (Å²) in [5, 5.41) is 5.95. The number of likely N-dealkylation sites (tertiary alicyclic amines) is 1. The van der Waals surface area contributed by atoms with Crippen LogP contribution in [0.2, 0.25) is 0 Å². The molecule has 2 saturated heterocycles. The highest BCUT2D eigenvalue weighted by molar-refractivity contribution is 5.98. The van der Waals surface area contributed by atoms with Gasteiger partial charge in [-0.25, -0.2) is 4.98 Å². The molecule has 8 heteroatoms. The number of morpholine rings is 1. The molecule has 1 aromatic rings. The van der Waals surface area contributed by atoms with E-state index in [1.165, 1.54) is 0 Å². The normalized spacial score (nSPS) is 23.3. The summed E-state index contributed by atoms with van der Waals surface area (Å²) in [4.78, 5) is 33.3. The molecule has 2 amide bonds. The van der Waals surface area contributed by atoms with Gasteiger partial charge in [-0.2, -0.15) is 0 Å². The third-order valence-corrected chi connectivity index (χ3v) is 5.55. The number of carbonyl (C=O) groups excluding carboxylic acids is 2. The topological polar surface area (TPSA) is 86.8 Å². The maximum Gasteiger partial charge on any atom is 0.255 e. The van der Waals surface area contributed by atoms with E-state index in [4.69, 9.17) is 4.74 Å². The van der Waals surface area contributed by atoms with Crippen molar-refractivity contribution < 1.29 is 14.3 Å². The summed E-state index contributed by atoms with van der Waals surface area (Å²) in [6.07, 6.45) is 4.14. The number of pyridine rings is 1. The van der Waals surface area contributed by atoms with E-state index in [9.17, 15) is 9.59 Å². The number of aromatic nitrogens is 1. The number of likely N-dealkylation sites (N-methyl/N-ethyl adjacent to an activating group) is 1. The molecule has 0 aliphatic carbocycles. The standard InChI is InChI=1S/C19H29N5O3/c1-20-18-16(4-3-7-21-18)19(26)22-13-15-6-5-14(23(15)2)12-17(25)24-8-10-27-11-9-24/h3-4,7,14-15H,5-6,8-13H2,1-2H3,(H,20,21)(H,22,26)/t14-,15+/m1/s1. The zero-order chi connectivity index (χ0) is 19.2. The molecular formula is C19H29N5O3. The summed E-state index contributed by atoms with van der Waals surface area (Å²) >= 11 is 0. The smallest absolute Gasteiger partial charge is 0.255 e. The second-order valence-corrected chi connectivity index (χ2v) is 7.11. The Kier molecular flexibility index (Phi) is 6.63. The van der Waals surface area contributed by atoms with Crippen LogP contribution in [0.25, 0.3) is 0 Å². The average molecular weight is 375 g/mol. The average Bonchev–Trinajstić information content (AvgIpc) is 3.06. The van der Waals surface area contributed by atoms with Crippen molar-refractivity contribution in [1.82, 2.24) is 20.1 Å². The van der Waals surface area contributed by atoms with Gasteiger partial charge < -0.3 is 20.3 Å². The van der Waals surface area contributed by atoms with Crippen LogP contribution in [0.3, 0.4) is 0 Å². The van der Waals surface area contributed by atoms with Crippen molar-refractivity contribution in [2.45, 2.75) is 31.3 Å². The third kappa shape index (κ3) is 4.75. The molecule has 0 saturated carbocycles. The van der Waals surface area contributed by atoms with Gasteiger partial charge >= 0.3 is 0 Å². The first-order valence-corrected chi connectivity index (χ1v) is 9.58. The first kappa shape index (κ1) is 19.6. The van der Waals surface area contributed by atoms with E-state index in [2.05, 4.69) is 20.5 Å². The lowest BCUT2D eigenvalue weighted by atomic mass is 10.1. The Morgan fingerprint density at radius 3 is 2.74 bits per heavy atom. The molecule has 2 aliphatic rings. The lowest BCUT2D eigenvalue weighted by molar-refractivity contribution is -0.136. The maximum absolute atomic E-state index is 12.5. The highest BCUT2D eigenvalue weighted by Crippen LogP contribution is 2.25. The van der Waals surface area contributed by atoms with Crippen molar-refractivity contribution in [3.05, 3.63) is 23.9 Å². The molecule has 2 N–H and O–H groups in total. The van der Waals surface area contributed by atoms with Crippen molar-refractivity contribution in [2.24, 2.45) is 0 Å². The molecule has 0 aromatic carbocycles. The minimum absolute atomic E-state index is 0.131. The second kappa shape index (κ2) is 9.14. The number of nitrogens with zero attached hydrogens (tertiary/aromatic N) is 3. The Hall–Kier alpha value is -2.19. The summed E-state index contributed by atoms with van der Waals surface area (Å²) in [6.45, 7) is 3.20. The van der Waals surface area contributed by atoms with Crippen LogP contribution in [0, 0.1) is 0 Å². The van der Waals surface area contributed by atoms with Crippen LogP contribution < -0.4 is 10.6 Å². The van der Waals surface area contributed by atoms with E-state index < -0.39 is 0 Å². The van der Waals surface area contributed by atoms with E-state index >= 15 is 0 Å². The molecule has 148 valence electrons. The Balaban J connectivity index is 1.49. The molecule has 3 heterocycles. The van der Waals surface area contributed by atoms with Crippen LogP contribution in [0.5, 0.6) is 0 Å². The van der Waals surface area contributed by atoms with Gasteiger partial charge in [0.05, 0.1) is 18.8 Å². The SMILES string of the molecule is CNc1ncccc1C(=O)NC[C@@H]1CC[C@H](CC(=O)N2CCOCC2)N1C. The highest BCUT2D eigenvalue weighted by Gasteiger charge is 2.33. The van der Waals surface area contributed by atoms with E-state index in [0.29, 0.717) is 50.7 Å². The quantitative estimate of drug-likeness (QED) is 0.756. The van der Waals surface area contributed by atoms with Gasteiger partial charge in [-0.05, 0) is 32.0 Å². The lowest BCUT2D eigenvalue weighted by Gasteiger charge is -2.30. The van der Waals surface area contributed by atoms with Gasteiger partial charge in [0.25, 0.3) is 5.91 Å². The molecular weight excluding hydrogens is 346 g/mol. The number of ether oxygens (including phenoxy) is 1. The highest BCUT2D eigenvalue weighted by atomic mass is 16.5. The molecule has 0 spiro atoms. The largest absolute Gasteiger partial charge is 0.378 e. The number of hydrogen-bond acceptors (Lipinski definition) is 6. The van der Waals surface area contributed by atoms with Crippen LogP contribution in [0.15, 0.2) is 18.3 Å². The number of amides is 2. The van der Waals surface area contributed by atoms with E-state index in [1.54, 1.807) is 25.4 Å². The zero-order valence-corrected chi connectivity index (χ0v) is 16.1. The minimum Gasteiger partial charge on any atom is -0.378 e. The fraction of sp³-hybridized carbons (Fsp3) is 0.632. The molecule has 2 atom stereocenters. The molecule has 27 heavy (non-hydrogen) atoms. The molecule has 0 bridgehead atoms. The van der Waals surface area contributed by atoms with Crippen LogP contribution >= 0.6 is 0 Å². The number of hydrogen-bond donors (Lipinski definition) is 2. The summed E-state index contributed by atoms with van der Waals surface area (Å²) in [5.74, 6) is 0.645. The second-order valence-electron chi connectivity index (χ2n) is 7.11. The fourth-order valence-electron chi connectivity index (χ4n) is 3.82. The van der Waals surface area contributed by atoms with E-state index in [-0.39, 0.29) is 23.9 Å². The molecule has 8 nitrogen and oxygen atoms in total. The summed E-state index contributed by atoms with van der Waals surface area (Å²) in [6, 6.07) is 3.99. The van der Waals surface area contributed by atoms with Crippen LogP contribution in [-0.4, -0.2) is 85.6 Å². The van der Waals surface area contributed by atoms with Crippen LogP contribution in [0.1, 0.15) is 29.6 Å². The van der Waals surface area contributed by atoms with Crippen molar-refractivity contribution >= 4 is 17.6 Å². The van der Waals surface area contributed by atoms with Gasteiger partial charge in [-0.1, -0.05) is 0 Å². The molecule has 0 unspecified atom stereocenters. The molecule has 2 fully saturated rings. The minimum atomic E-state index is -0.131. The molecule has 2 aliphatic heterocycles. The van der Waals surface area contributed by atoms with Gasteiger partial charge in [0, 0.05) is 51.4 Å². The van der Waals surface area contributed by atoms with Gasteiger partial charge in [0.1, 0.15) is 5.82 Å². The molecule has 1 aromatic heterocycles. The van der Waals surface area contributed by atoms with E-state index in [1.807, 2.05) is 11.9 Å². The Labute approximate surface area is 160 Å². The predicted octanol–water partition coefficient (Wildman–Crippen LogP) is 0.565. The third-order valence-electron chi connectivity index (χ3n) is 5.55. The summed E-state index contributed by atoms with van der Waals surface area (Å²) < 4.78 is 5.31. The Morgan fingerprint density at radius 1 is 1.26 bits per heavy atom. The molecule has 0 radical (unpaired) electrons. The first-order valence-electron chi connectivity index (χ1n) is 9.58. The van der Waals surface area contributed by atoms with Gasteiger partial charge in [0.2, 0.25) is 5.91 Å². The summed E-state index contributed by atoms with van der Waals surface area (Å²) in [5.41, 5.74) is 0.541. The maximum atomic E-state index is 12.5. The van der Waals surface area contributed by atoms with Crippen molar-refractivity contribution in [3.8, 4) is 0 Å². The van der Waals surface area contributed by atoms with Crippen molar-refractivity contribution in [3.63, 3.8) is 0 Å². The van der Waals surface area contributed by atoms with E-state index in [0.717, 1.165) is 12.8 Å². The van der Waals surface area contributed by atoms with Gasteiger partial charge in [-0.15, -0.1) is 0 Å².